The first-order valence-corrected chi connectivity index (χ1v) is 36.3. The highest BCUT2D eigenvalue weighted by Crippen LogP contribution is 2.19. The largest absolute Gasteiger partial charge is 0.462 e. The molecule has 0 aromatic heterocycles. The van der Waals surface area contributed by atoms with Crippen LogP contribution in [0, 0.1) is 0 Å². The summed E-state index contributed by atoms with van der Waals surface area (Å²) in [6, 6.07) is 0. The molecule has 0 heterocycles. The smallest absolute Gasteiger partial charge is 0.306 e. The molecule has 0 fully saturated rings. The van der Waals surface area contributed by atoms with Crippen molar-refractivity contribution in [3.8, 4) is 0 Å². The second-order valence-corrected chi connectivity index (χ2v) is 24.5. The third-order valence-corrected chi connectivity index (χ3v) is 16.3. The predicted octanol–water partition coefficient (Wildman–Crippen LogP) is 25.1. The standard InChI is InChI=1S/C76H138O6/c1-4-7-10-13-16-19-22-25-28-29-30-31-32-33-34-35-36-37-38-39-40-41-42-43-44-45-46-47-49-51-54-57-60-63-66-69-75(78)81-72-73(71-80-74(77)68-65-62-59-56-53-50-27-24-21-18-15-12-9-6-3)82-76(79)70-67-64-61-58-55-52-48-26-23-20-17-14-11-8-5-2/h8,11,15,17-18,20,24,26-27,48,73H,4-7,9-10,12-14,16,19,21-23,25,28-47,49-72H2,1-3H3/b11-8-,18-15-,20-17-,27-24-,48-26-. The van der Waals surface area contributed by atoms with Gasteiger partial charge >= 0.3 is 17.9 Å². The summed E-state index contributed by atoms with van der Waals surface area (Å²) in [7, 11) is 0. The van der Waals surface area contributed by atoms with E-state index in [0.717, 1.165) is 116 Å². The molecule has 0 rings (SSSR count). The highest BCUT2D eigenvalue weighted by Gasteiger charge is 2.19. The number of hydrogen-bond donors (Lipinski definition) is 0. The number of rotatable bonds is 67. The van der Waals surface area contributed by atoms with Crippen molar-refractivity contribution >= 4 is 17.9 Å². The second kappa shape index (κ2) is 70.6. The second-order valence-electron chi connectivity index (χ2n) is 24.5. The topological polar surface area (TPSA) is 78.9 Å². The maximum absolute atomic E-state index is 12.9. The average Bonchev–Trinajstić information content (AvgIpc) is 3.47. The van der Waals surface area contributed by atoms with Crippen LogP contribution in [-0.2, 0) is 28.6 Å². The molecule has 6 nitrogen and oxygen atoms in total. The lowest BCUT2D eigenvalue weighted by Crippen LogP contribution is -2.30. The Balaban J connectivity index is 4.07. The van der Waals surface area contributed by atoms with Crippen LogP contribution in [0.4, 0.5) is 0 Å². The van der Waals surface area contributed by atoms with Gasteiger partial charge in [0.25, 0.3) is 0 Å². The summed E-state index contributed by atoms with van der Waals surface area (Å²) in [5.41, 5.74) is 0. The van der Waals surface area contributed by atoms with E-state index in [4.69, 9.17) is 14.2 Å². The Morgan fingerprint density at radius 2 is 0.488 bits per heavy atom. The molecule has 0 aromatic rings. The summed E-state index contributed by atoms with van der Waals surface area (Å²) in [5.74, 6) is -0.896. The van der Waals surface area contributed by atoms with Gasteiger partial charge in [0.1, 0.15) is 13.2 Å². The molecule has 1 atom stereocenters. The van der Waals surface area contributed by atoms with Crippen LogP contribution in [0.25, 0.3) is 0 Å². The van der Waals surface area contributed by atoms with Crippen LogP contribution in [0.2, 0.25) is 0 Å². The van der Waals surface area contributed by atoms with Crippen LogP contribution in [-0.4, -0.2) is 37.2 Å². The van der Waals surface area contributed by atoms with Gasteiger partial charge in [0.05, 0.1) is 0 Å². The Morgan fingerprint density at radius 3 is 0.780 bits per heavy atom. The number of hydrogen-bond acceptors (Lipinski definition) is 6. The summed E-state index contributed by atoms with van der Waals surface area (Å²) in [4.78, 5) is 38.3. The minimum atomic E-state index is -0.789. The fraction of sp³-hybridized carbons (Fsp3) is 0.829. The molecule has 0 saturated heterocycles. The molecule has 0 spiro atoms. The van der Waals surface area contributed by atoms with Crippen molar-refractivity contribution in [2.24, 2.45) is 0 Å². The Bertz CT molecular complexity index is 1460. The summed E-state index contributed by atoms with van der Waals surface area (Å²) < 4.78 is 16.9. The van der Waals surface area contributed by atoms with E-state index in [1.807, 2.05) is 0 Å². The average molecular weight is 1150 g/mol. The predicted molar refractivity (Wildman–Crippen MR) is 358 cm³/mol. The van der Waals surface area contributed by atoms with Crippen LogP contribution in [0.15, 0.2) is 60.8 Å². The Morgan fingerprint density at radius 1 is 0.256 bits per heavy atom. The molecule has 0 amide bonds. The van der Waals surface area contributed by atoms with Gasteiger partial charge in [0.15, 0.2) is 6.10 Å². The fourth-order valence-electron chi connectivity index (χ4n) is 10.8. The maximum Gasteiger partial charge on any atom is 0.306 e. The van der Waals surface area contributed by atoms with Crippen molar-refractivity contribution in [2.45, 2.75) is 393 Å². The number of esters is 3. The van der Waals surface area contributed by atoms with E-state index in [1.165, 1.54) is 231 Å². The van der Waals surface area contributed by atoms with Gasteiger partial charge < -0.3 is 14.2 Å². The monoisotopic (exact) mass is 1150 g/mol. The molecule has 82 heavy (non-hydrogen) atoms. The third kappa shape index (κ3) is 67.9. The summed E-state index contributed by atoms with van der Waals surface area (Å²) in [6.07, 6.45) is 91.4. The number of carbonyl (C=O) groups excluding carboxylic acids is 3. The van der Waals surface area contributed by atoms with E-state index >= 15 is 0 Å². The molecular formula is C76H138O6. The zero-order chi connectivity index (χ0) is 59.2. The first kappa shape index (κ1) is 79.1. The zero-order valence-corrected chi connectivity index (χ0v) is 55.0. The van der Waals surface area contributed by atoms with Crippen molar-refractivity contribution in [3.05, 3.63) is 60.8 Å². The van der Waals surface area contributed by atoms with Gasteiger partial charge in [0.2, 0.25) is 0 Å². The van der Waals surface area contributed by atoms with Gasteiger partial charge in [0, 0.05) is 19.3 Å². The zero-order valence-electron chi connectivity index (χ0n) is 55.0. The van der Waals surface area contributed by atoms with E-state index in [0.29, 0.717) is 19.3 Å². The van der Waals surface area contributed by atoms with E-state index < -0.39 is 6.10 Å². The van der Waals surface area contributed by atoms with E-state index in [1.54, 1.807) is 0 Å². The van der Waals surface area contributed by atoms with Crippen molar-refractivity contribution in [1.29, 1.82) is 0 Å². The van der Waals surface area contributed by atoms with Crippen LogP contribution < -0.4 is 0 Å². The van der Waals surface area contributed by atoms with Crippen LogP contribution >= 0.6 is 0 Å². The summed E-state index contributed by atoms with van der Waals surface area (Å²) in [5, 5.41) is 0. The lowest BCUT2D eigenvalue weighted by Gasteiger charge is -2.18. The number of carbonyl (C=O) groups is 3. The Hall–Kier alpha value is -2.89. The number of ether oxygens (including phenoxy) is 3. The van der Waals surface area contributed by atoms with E-state index in [9.17, 15) is 14.4 Å². The van der Waals surface area contributed by atoms with Gasteiger partial charge in [-0.25, -0.2) is 0 Å². The molecule has 0 aliphatic carbocycles. The quantitative estimate of drug-likeness (QED) is 0.0261. The van der Waals surface area contributed by atoms with Crippen LogP contribution in [0.3, 0.4) is 0 Å². The molecule has 0 aliphatic rings. The first-order valence-electron chi connectivity index (χ1n) is 36.3. The van der Waals surface area contributed by atoms with Crippen molar-refractivity contribution in [1.82, 2.24) is 0 Å². The first-order chi connectivity index (χ1) is 40.5. The van der Waals surface area contributed by atoms with Crippen molar-refractivity contribution in [2.75, 3.05) is 13.2 Å². The molecule has 478 valence electrons. The van der Waals surface area contributed by atoms with E-state index in [-0.39, 0.29) is 31.1 Å². The minimum Gasteiger partial charge on any atom is -0.462 e. The SMILES string of the molecule is CC/C=C\C/C=C\C/C=C\CCCCCCCC(=O)OC(COC(=O)CCCCCCC/C=C\C/C=C\CCCC)COC(=O)CCCCCCCCCCCCCCCCCCCCCCCCCCCCCCCCCCCCC. The highest BCUT2D eigenvalue weighted by atomic mass is 16.6. The normalized spacial score (nSPS) is 12.4. The maximum atomic E-state index is 12.9. The van der Waals surface area contributed by atoms with Crippen molar-refractivity contribution in [3.63, 3.8) is 0 Å². The van der Waals surface area contributed by atoms with Crippen LogP contribution in [0.5, 0.6) is 0 Å². The molecule has 1 unspecified atom stereocenters. The summed E-state index contributed by atoms with van der Waals surface area (Å²) >= 11 is 0. The van der Waals surface area contributed by atoms with Gasteiger partial charge in [-0.1, -0.05) is 351 Å². The van der Waals surface area contributed by atoms with Gasteiger partial charge in [-0.15, -0.1) is 0 Å². The Kier molecular flexibility index (Phi) is 68.1. The fourth-order valence-corrected chi connectivity index (χ4v) is 10.8. The van der Waals surface area contributed by atoms with E-state index in [2.05, 4.69) is 81.5 Å². The molecular weight excluding hydrogens is 1010 g/mol. The van der Waals surface area contributed by atoms with Crippen LogP contribution in [0.1, 0.15) is 387 Å². The lowest BCUT2D eigenvalue weighted by atomic mass is 10.0. The number of allylic oxidation sites excluding steroid dienone is 10. The lowest BCUT2D eigenvalue weighted by molar-refractivity contribution is -0.167. The van der Waals surface area contributed by atoms with Gasteiger partial charge in [-0.3, -0.25) is 14.4 Å². The van der Waals surface area contributed by atoms with Gasteiger partial charge in [-0.2, -0.15) is 0 Å². The molecule has 0 aliphatic heterocycles. The molecule has 0 saturated carbocycles. The molecule has 0 bridgehead atoms. The molecule has 6 heteroatoms. The summed E-state index contributed by atoms with van der Waals surface area (Å²) in [6.45, 7) is 6.52. The molecule has 0 aromatic carbocycles. The van der Waals surface area contributed by atoms with Gasteiger partial charge in [-0.05, 0) is 77.0 Å². The minimum absolute atomic E-state index is 0.0830. The number of unbranched alkanes of at least 4 members (excludes halogenated alkanes) is 46. The van der Waals surface area contributed by atoms with Crippen molar-refractivity contribution < 1.29 is 28.6 Å². The third-order valence-electron chi connectivity index (χ3n) is 16.3. The highest BCUT2D eigenvalue weighted by molar-refractivity contribution is 5.71. The Labute approximate surface area is 510 Å². The molecule has 0 N–H and O–H groups in total. The molecule has 0 radical (unpaired) electrons.